The van der Waals surface area contributed by atoms with Gasteiger partial charge in [-0.05, 0) is 32.0 Å². The fourth-order valence-electron chi connectivity index (χ4n) is 1.68. The number of hydrogen-bond acceptors (Lipinski definition) is 3. The summed E-state index contributed by atoms with van der Waals surface area (Å²) in [6.45, 7) is 6.32. The molecule has 1 aliphatic heterocycles. The standard InChI is InChI=1S/C13H18ClNO2/c1-13(2)9-17-12(7-15-13)8-16-11-5-3-4-10(14)6-11/h3-6,12,15H,7-9H2,1-2H3. The van der Waals surface area contributed by atoms with Crippen molar-refractivity contribution in [3.63, 3.8) is 0 Å². The fourth-order valence-corrected chi connectivity index (χ4v) is 1.86. The Balaban J connectivity index is 1.80. The smallest absolute Gasteiger partial charge is 0.120 e. The molecule has 1 aliphatic rings. The highest BCUT2D eigenvalue weighted by atomic mass is 35.5. The fraction of sp³-hybridized carbons (Fsp3) is 0.538. The largest absolute Gasteiger partial charge is 0.491 e. The zero-order chi connectivity index (χ0) is 12.3. The van der Waals surface area contributed by atoms with Crippen LogP contribution in [0.1, 0.15) is 13.8 Å². The maximum absolute atomic E-state index is 5.88. The van der Waals surface area contributed by atoms with E-state index in [4.69, 9.17) is 21.1 Å². The van der Waals surface area contributed by atoms with Gasteiger partial charge in [-0.2, -0.15) is 0 Å². The van der Waals surface area contributed by atoms with E-state index in [9.17, 15) is 0 Å². The van der Waals surface area contributed by atoms with E-state index < -0.39 is 0 Å². The van der Waals surface area contributed by atoms with Crippen LogP contribution in [0.3, 0.4) is 0 Å². The number of halogens is 1. The maximum atomic E-state index is 5.88. The van der Waals surface area contributed by atoms with E-state index in [1.165, 1.54) is 0 Å². The van der Waals surface area contributed by atoms with E-state index in [1.54, 1.807) is 0 Å². The lowest BCUT2D eigenvalue weighted by molar-refractivity contribution is -0.0411. The van der Waals surface area contributed by atoms with E-state index in [0.717, 1.165) is 12.3 Å². The molecule has 1 N–H and O–H groups in total. The normalized spacial score (nSPS) is 23.4. The Labute approximate surface area is 107 Å². The highest BCUT2D eigenvalue weighted by Gasteiger charge is 2.26. The Morgan fingerprint density at radius 1 is 1.53 bits per heavy atom. The van der Waals surface area contributed by atoms with Gasteiger partial charge >= 0.3 is 0 Å². The summed E-state index contributed by atoms with van der Waals surface area (Å²) in [5.74, 6) is 0.783. The van der Waals surface area contributed by atoms with Crippen molar-refractivity contribution in [1.82, 2.24) is 5.32 Å². The Morgan fingerprint density at radius 2 is 2.35 bits per heavy atom. The van der Waals surface area contributed by atoms with Crippen LogP contribution in [-0.2, 0) is 4.74 Å². The minimum absolute atomic E-state index is 0.0621. The average molecular weight is 256 g/mol. The summed E-state index contributed by atoms with van der Waals surface area (Å²) in [5.41, 5.74) is 0.0621. The zero-order valence-corrected chi connectivity index (χ0v) is 11.0. The van der Waals surface area contributed by atoms with E-state index in [1.807, 2.05) is 24.3 Å². The predicted octanol–water partition coefficient (Wildman–Crippen LogP) is 2.49. The van der Waals surface area contributed by atoms with Crippen LogP contribution < -0.4 is 10.1 Å². The number of nitrogens with one attached hydrogen (secondary N) is 1. The minimum Gasteiger partial charge on any atom is -0.491 e. The number of benzene rings is 1. The number of hydrogen-bond donors (Lipinski definition) is 1. The average Bonchev–Trinajstić information content (AvgIpc) is 2.28. The summed E-state index contributed by atoms with van der Waals surface area (Å²) < 4.78 is 11.4. The topological polar surface area (TPSA) is 30.5 Å². The molecule has 0 saturated carbocycles. The second-order valence-electron chi connectivity index (χ2n) is 4.97. The van der Waals surface area contributed by atoms with Crippen LogP contribution in [0.5, 0.6) is 5.75 Å². The van der Waals surface area contributed by atoms with E-state index >= 15 is 0 Å². The van der Waals surface area contributed by atoms with Gasteiger partial charge in [0.1, 0.15) is 18.5 Å². The molecule has 2 rings (SSSR count). The molecule has 1 saturated heterocycles. The van der Waals surface area contributed by atoms with E-state index in [0.29, 0.717) is 18.2 Å². The van der Waals surface area contributed by atoms with Gasteiger partial charge in [0, 0.05) is 17.1 Å². The molecule has 1 unspecified atom stereocenters. The SMILES string of the molecule is CC1(C)COC(COc2cccc(Cl)c2)CN1. The quantitative estimate of drug-likeness (QED) is 0.900. The van der Waals surface area contributed by atoms with Crippen molar-refractivity contribution in [3.8, 4) is 5.75 Å². The number of morpholine rings is 1. The summed E-state index contributed by atoms with van der Waals surface area (Å²) in [6.07, 6.45) is 0.0991. The van der Waals surface area contributed by atoms with Gasteiger partial charge in [0.05, 0.1) is 6.61 Å². The first-order valence-electron chi connectivity index (χ1n) is 5.80. The first-order chi connectivity index (χ1) is 8.05. The summed E-state index contributed by atoms with van der Waals surface area (Å²) >= 11 is 5.88. The molecule has 1 atom stereocenters. The number of ether oxygens (including phenoxy) is 2. The first-order valence-corrected chi connectivity index (χ1v) is 6.18. The lowest BCUT2D eigenvalue weighted by Gasteiger charge is -2.35. The lowest BCUT2D eigenvalue weighted by atomic mass is 10.1. The Hall–Kier alpha value is -0.770. The van der Waals surface area contributed by atoms with Crippen LogP contribution >= 0.6 is 11.6 Å². The van der Waals surface area contributed by atoms with Crippen LogP contribution in [0.25, 0.3) is 0 Å². The van der Waals surface area contributed by atoms with Gasteiger partial charge < -0.3 is 14.8 Å². The molecule has 0 spiro atoms. The van der Waals surface area contributed by atoms with Crippen molar-refractivity contribution in [2.24, 2.45) is 0 Å². The number of rotatable bonds is 3. The Kier molecular flexibility index (Phi) is 3.92. The maximum Gasteiger partial charge on any atom is 0.120 e. The van der Waals surface area contributed by atoms with Crippen LogP contribution in [0.2, 0.25) is 5.02 Å². The molecular weight excluding hydrogens is 238 g/mol. The lowest BCUT2D eigenvalue weighted by Crippen LogP contribution is -2.54. The van der Waals surface area contributed by atoms with Crippen molar-refractivity contribution in [3.05, 3.63) is 29.3 Å². The van der Waals surface area contributed by atoms with Crippen molar-refractivity contribution in [2.45, 2.75) is 25.5 Å². The molecule has 0 aliphatic carbocycles. The molecule has 94 valence electrons. The third-order valence-electron chi connectivity index (χ3n) is 2.72. The van der Waals surface area contributed by atoms with E-state index in [-0.39, 0.29) is 11.6 Å². The second kappa shape index (κ2) is 5.25. The minimum atomic E-state index is 0.0621. The molecule has 1 fully saturated rings. The molecule has 4 heteroatoms. The summed E-state index contributed by atoms with van der Waals surface area (Å²) in [4.78, 5) is 0. The molecular formula is C13H18ClNO2. The molecule has 0 bridgehead atoms. The molecule has 1 aromatic rings. The highest BCUT2D eigenvalue weighted by molar-refractivity contribution is 6.30. The van der Waals surface area contributed by atoms with Crippen LogP contribution in [0.15, 0.2) is 24.3 Å². The van der Waals surface area contributed by atoms with E-state index in [2.05, 4.69) is 19.2 Å². The van der Waals surface area contributed by atoms with Gasteiger partial charge in [-0.3, -0.25) is 0 Å². The van der Waals surface area contributed by atoms with Gasteiger partial charge in [-0.25, -0.2) is 0 Å². The molecule has 0 amide bonds. The van der Waals surface area contributed by atoms with Gasteiger partial charge in [-0.15, -0.1) is 0 Å². The Bertz CT molecular complexity index is 371. The van der Waals surface area contributed by atoms with Crippen molar-refractivity contribution < 1.29 is 9.47 Å². The molecule has 1 heterocycles. The molecule has 0 aromatic heterocycles. The molecule has 17 heavy (non-hydrogen) atoms. The van der Waals surface area contributed by atoms with Gasteiger partial charge in [-0.1, -0.05) is 17.7 Å². The molecule has 3 nitrogen and oxygen atoms in total. The van der Waals surface area contributed by atoms with Crippen molar-refractivity contribution in [2.75, 3.05) is 19.8 Å². The van der Waals surface area contributed by atoms with Crippen molar-refractivity contribution in [1.29, 1.82) is 0 Å². The highest BCUT2D eigenvalue weighted by Crippen LogP contribution is 2.18. The molecule has 1 aromatic carbocycles. The third-order valence-corrected chi connectivity index (χ3v) is 2.96. The second-order valence-corrected chi connectivity index (χ2v) is 5.40. The van der Waals surface area contributed by atoms with Gasteiger partial charge in [0.2, 0.25) is 0 Å². The van der Waals surface area contributed by atoms with Crippen LogP contribution in [0.4, 0.5) is 0 Å². The zero-order valence-electron chi connectivity index (χ0n) is 10.2. The third kappa shape index (κ3) is 3.87. The van der Waals surface area contributed by atoms with Crippen molar-refractivity contribution >= 4 is 11.6 Å². The summed E-state index contributed by atoms with van der Waals surface area (Å²) in [5, 5.41) is 4.11. The van der Waals surface area contributed by atoms with Crippen LogP contribution in [-0.4, -0.2) is 31.4 Å². The monoisotopic (exact) mass is 255 g/mol. The van der Waals surface area contributed by atoms with Gasteiger partial charge in [0.25, 0.3) is 0 Å². The summed E-state index contributed by atoms with van der Waals surface area (Å²) in [7, 11) is 0. The summed E-state index contributed by atoms with van der Waals surface area (Å²) in [6, 6.07) is 7.41. The first kappa shape index (κ1) is 12.7. The predicted molar refractivity (Wildman–Crippen MR) is 68.8 cm³/mol. The Morgan fingerprint density at radius 3 is 3.00 bits per heavy atom. The van der Waals surface area contributed by atoms with Gasteiger partial charge in [0.15, 0.2) is 0 Å². The van der Waals surface area contributed by atoms with Crippen LogP contribution in [0, 0.1) is 0 Å². The molecule has 0 radical (unpaired) electrons.